The van der Waals surface area contributed by atoms with E-state index in [0.717, 1.165) is 0 Å². The van der Waals surface area contributed by atoms with Crippen LogP contribution in [0.25, 0.3) is 0 Å². The second kappa shape index (κ2) is 4.80. The van der Waals surface area contributed by atoms with Crippen LogP contribution < -0.4 is 11.1 Å². The maximum atomic E-state index is 10.8. The van der Waals surface area contributed by atoms with Gasteiger partial charge in [0.25, 0.3) is 10.1 Å². The molecule has 0 radical (unpaired) electrons. The lowest BCUT2D eigenvalue weighted by Crippen LogP contribution is -2.36. The molecule has 0 spiro atoms. The molecule has 84 valence electrons. The molecular weight excluding hydrogens is 240 g/mol. The fourth-order valence-corrected chi connectivity index (χ4v) is 1.74. The van der Waals surface area contributed by atoms with E-state index in [9.17, 15) is 8.42 Å². The summed E-state index contributed by atoms with van der Waals surface area (Å²) in [5.74, 6) is 0. The van der Waals surface area contributed by atoms with Gasteiger partial charge >= 0.3 is 0 Å². The van der Waals surface area contributed by atoms with Gasteiger partial charge in [-0.15, -0.1) is 0 Å². The normalized spacial score (nSPS) is 13.5. The molecule has 0 amide bonds. The Kier molecular flexibility index (Phi) is 3.92. The van der Waals surface area contributed by atoms with Crippen LogP contribution in [0.2, 0.25) is 5.02 Å². The lowest BCUT2D eigenvalue weighted by molar-refractivity contribution is 0.472. The van der Waals surface area contributed by atoms with Crippen LogP contribution >= 0.6 is 11.6 Å². The summed E-state index contributed by atoms with van der Waals surface area (Å²) in [6, 6.07) is 6.47. The molecule has 0 heterocycles. The smallest absolute Gasteiger partial charge is 0.287 e. The number of hydrogen-bond acceptors (Lipinski definition) is 4. The van der Waals surface area contributed by atoms with Crippen LogP contribution in [0, 0.1) is 0 Å². The zero-order chi connectivity index (χ0) is 11.5. The van der Waals surface area contributed by atoms with E-state index in [1.54, 1.807) is 18.2 Å². The van der Waals surface area contributed by atoms with Gasteiger partial charge in [-0.25, -0.2) is 0 Å². The summed E-state index contributed by atoms with van der Waals surface area (Å²) in [5, 5.41) is 1.80. The molecule has 1 unspecified atom stereocenters. The molecule has 0 saturated heterocycles. The highest BCUT2D eigenvalue weighted by atomic mass is 35.5. The Morgan fingerprint density at radius 3 is 2.67 bits per heavy atom. The molecule has 0 saturated carbocycles. The molecule has 0 aliphatic rings. The lowest BCUT2D eigenvalue weighted by Gasteiger charge is -2.14. The van der Waals surface area contributed by atoms with Crippen LogP contribution in [0.1, 0.15) is 0 Å². The van der Waals surface area contributed by atoms with Crippen molar-refractivity contribution in [1.29, 1.82) is 0 Å². The first-order valence-electron chi connectivity index (χ1n) is 4.12. The minimum atomic E-state index is -4.21. The predicted molar refractivity (Wildman–Crippen MR) is 59.5 cm³/mol. The van der Waals surface area contributed by atoms with E-state index in [1.165, 1.54) is 6.07 Å². The number of anilines is 1. The third-order valence-corrected chi connectivity index (χ3v) is 2.99. The largest absolute Gasteiger partial charge is 0.366 e. The van der Waals surface area contributed by atoms with Crippen molar-refractivity contribution in [1.82, 2.24) is 0 Å². The Hall–Kier alpha value is -0.820. The fraction of sp³-hybridized carbons (Fsp3) is 0.250. The van der Waals surface area contributed by atoms with Crippen LogP contribution in [0.15, 0.2) is 24.3 Å². The summed E-state index contributed by atoms with van der Waals surface area (Å²) >= 11 is 5.70. The van der Waals surface area contributed by atoms with Crippen molar-refractivity contribution >= 4 is 27.4 Å². The molecule has 1 rings (SSSR count). The van der Waals surface area contributed by atoms with Gasteiger partial charge in [0, 0.05) is 17.3 Å². The fourth-order valence-electron chi connectivity index (χ4n) is 1.02. The van der Waals surface area contributed by atoms with Gasteiger partial charge in [-0.3, -0.25) is 4.55 Å². The second-order valence-corrected chi connectivity index (χ2v) is 4.93. The maximum Gasteiger partial charge on any atom is 0.287 e. The molecule has 0 aliphatic heterocycles. The van der Waals surface area contributed by atoms with E-state index in [1.807, 2.05) is 0 Å². The maximum absolute atomic E-state index is 10.8. The Morgan fingerprint density at radius 1 is 1.53 bits per heavy atom. The second-order valence-electron chi connectivity index (χ2n) is 2.89. The first kappa shape index (κ1) is 12.3. The van der Waals surface area contributed by atoms with Crippen LogP contribution in [0.4, 0.5) is 5.69 Å². The summed E-state index contributed by atoms with van der Waals surface area (Å²) in [6.45, 7) is -0.231. The standard InChI is InChI=1S/C8H11ClN2O3S/c9-6-2-1-3-7(4-6)11-8(5-10)15(12,13)14/h1-4,8,11H,5,10H2,(H,12,13,14). The highest BCUT2D eigenvalue weighted by Gasteiger charge is 2.20. The number of rotatable bonds is 4. The summed E-state index contributed by atoms with van der Waals surface area (Å²) in [6.07, 6.45) is 0. The molecule has 1 aromatic rings. The summed E-state index contributed by atoms with van der Waals surface area (Å²) in [7, 11) is -4.21. The molecule has 0 bridgehead atoms. The van der Waals surface area contributed by atoms with Gasteiger partial charge in [0.1, 0.15) is 0 Å². The minimum Gasteiger partial charge on any atom is -0.366 e. The van der Waals surface area contributed by atoms with Crippen molar-refractivity contribution in [3.05, 3.63) is 29.3 Å². The molecule has 1 atom stereocenters. The number of halogens is 1. The average molecular weight is 251 g/mol. The molecule has 5 nitrogen and oxygen atoms in total. The zero-order valence-electron chi connectivity index (χ0n) is 7.72. The molecular formula is C8H11ClN2O3S. The van der Waals surface area contributed by atoms with Gasteiger partial charge in [0.05, 0.1) is 0 Å². The van der Waals surface area contributed by atoms with E-state index in [2.05, 4.69) is 5.32 Å². The zero-order valence-corrected chi connectivity index (χ0v) is 9.29. The SMILES string of the molecule is NCC(Nc1cccc(Cl)c1)S(=O)(=O)O. The Balaban J connectivity index is 2.85. The third-order valence-electron chi connectivity index (χ3n) is 1.73. The van der Waals surface area contributed by atoms with Crippen molar-refractivity contribution in [3.8, 4) is 0 Å². The van der Waals surface area contributed by atoms with Crippen molar-refractivity contribution in [2.75, 3.05) is 11.9 Å². The molecule has 15 heavy (non-hydrogen) atoms. The number of benzene rings is 1. The highest BCUT2D eigenvalue weighted by Crippen LogP contribution is 2.16. The Labute approximate surface area is 93.0 Å². The number of hydrogen-bond donors (Lipinski definition) is 3. The minimum absolute atomic E-state index is 0.231. The molecule has 1 aromatic carbocycles. The van der Waals surface area contributed by atoms with Gasteiger partial charge in [0.2, 0.25) is 0 Å². The van der Waals surface area contributed by atoms with Gasteiger partial charge in [-0.1, -0.05) is 17.7 Å². The highest BCUT2D eigenvalue weighted by molar-refractivity contribution is 7.86. The lowest BCUT2D eigenvalue weighted by atomic mass is 10.3. The molecule has 0 aliphatic carbocycles. The van der Waals surface area contributed by atoms with Crippen molar-refractivity contribution in [2.45, 2.75) is 5.37 Å². The number of nitrogens with one attached hydrogen (secondary N) is 1. The molecule has 7 heteroatoms. The monoisotopic (exact) mass is 250 g/mol. The number of nitrogens with two attached hydrogens (primary N) is 1. The van der Waals surface area contributed by atoms with E-state index in [0.29, 0.717) is 10.7 Å². The topological polar surface area (TPSA) is 92.4 Å². The van der Waals surface area contributed by atoms with Crippen molar-refractivity contribution in [2.24, 2.45) is 5.73 Å². The van der Waals surface area contributed by atoms with E-state index < -0.39 is 15.5 Å². The average Bonchev–Trinajstić information content (AvgIpc) is 2.12. The van der Waals surface area contributed by atoms with Gasteiger partial charge < -0.3 is 11.1 Å². The van der Waals surface area contributed by atoms with Gasteiger partial charge in [-0.05, 0) is 18.2 Å². The first-order chi connectivity index (χ1) is 6.93. The first-order valence-corrected chi connectivity index (χ1v) is 6.00. The van der Waals surface area contributed by atoms with E-state index in [-0.39, 0.29) is 6.54 Å². The summed E-state index contributed by atoms with van der Waals surface area (Å²) < 4.78 is 30.5. The third kappa shape index (κ3) is 3.67. The Morgan fingerprint density at radius 2 is 2.20 bits per heavy atom. The van der Waals surface area contributed by atoms with Crippen LogP contribution in [0.3, 0.4) is 0 Å². The van der Waals surface area contributed by atoms with Crippen LogP contribution in [-0.2, 0) is 10.1 Å². The van der Waals surface area contributed by atoms with E-state index >= 15 is 0 Å². The van der Waals surface area contributed by atoms with Crippen molar-refractivity contribution < 1.29 is 13.0 Å². The molecule has 4 N–H and O–H groups in total. The van der Waals surface area contributed by atoms with Gasteiger partial charge in [0.15, 0.2) is 5.37 Å². The Bertz CT molecular complexity index is 435. The summed E-state index contributed by atoms with van der Waals surface area (Å²) in [5.41, 5.74) is 5.69. The molecule has 0 aromatic heterocycles. The van der Waals surface area contributed by atoms with Gasteiger partial charge in [-0.2, -0.15) is 8.42 Å². The van der Waals surface area contributed by atoms with Crippen LogP contribution in [0.5, 0.6) is 0 Å². The van der Waals surface area contributed by atoms with Crippen molar-refractivity contribution in [3.63, 3.8) is 0 Å². The van der Waals surface area contributed by atoms with E-state index in [4.69, 9.17) is 21.9 Å². The predicted octanol–water partition coefficient (Wildman–Crippen LogP) is 0.924. The quantitative estimate of drug-likeness (QED) is 0.691. The molecule has 0 fully saturated rings. The van der Waals surface area contributed by atoms with Crippen LogP contribution in [-0.4, -0.2) is 24.9 Å². The summed E-state index contributed by atoms with van der Waals surface area (Å²) in [4.78, 5) is 0.